The number of aliphatic carboxylic acids is 1. The van der Waals surface area contributed by atoms with Crippen molar-refractivity contribution >= 4 is 35.5 Å². The Morgan fingerprint density at radius 3 is 2.11 bits per heavy atom. The maximum absolute atomic E-state index is 12.6. The SMILES string of the molecule is CC(=O)NCCOC(=O)NC(=N)c1ccc(C(=O)N[C@@H](C)C(=O)c2ccc(OCC(=O)O)cc2)cc1. The predicted molar refractivity (Wildman–Crippen MR) is 127 cm³/mol. The molecule has 0 fully saturated rings. The molecule has 36 heavy (non-hydrogen) atoms. The lowest BCUT2D eigenvalue weighted by Gasteiger charge is -2.14. The van der Waals surface area contributed by atoms with Gasteiger partial charge in [-0.25, -0.2) is 9.59 Å². The first-order valence-electron chi connectivity index (χ1n) is 10.7. The first kappa shape index (κ1) is 27.5. The van der Waals surface area contributed by atoms with Gasteiger partial charge >= 0.3 is 12.1 Å². The van der Waals surface area contributed by atoms with Crippen molar-refractivity contribution in [3.8, 4) is 5.75 Å². The molecular weight excluding hydrogens is 472 g/mol. The number of carboxylic acid groups (broad SMARTS) is 1. The van der Waals surface area contributed by atoms with Crippen LogP contribution in [0.3, 0.4) is 0 Å². The molecule has 3 amide bonds. The van der Waals surface area contributed by atoms with Crippen LogP contribution in [0.25, 0.3) is 0 Å². The molecule has 0 saturated heterocycles. The minimum Gasteiger partial charge on any atom is -0.482 e. The Hall–Kier alpha value is -4.74. The Balaban J connectivity index is 1.87. The molecule has 5 N–H and O–H groups in total. The third kappa shape index (κ3) is 8.89. The molecule has 0 aliphatic heterocycles. The van der Waals surface area contributed by atoms with E-state index < -0.39 is 30.6 Å². The summed E-state index contributed by atoms with van der Waals surface area (Å²) in [5, 5.41) is 23.9. The molecule has 0 saturated carbocycles. The number of carboxylic acids is 1. The zero-order valence-corrected chi connectivity index (χ0v) is 19.6. The molecule has 2 aromatic rings. The Bertz CT molecular complexity index is 1130. The lowest BCUT2D eigenvalue weighted by Crippen LogP contribution is -2.38. The third-order valence-corrected chi connectivity index (χ3v) is 4.61. The molecule has 0 aliphatic carbocycles. The monoisotopic (exact) mass is 498 g/mol. The van der Waals surface area contributed by atoms with Gasteiger partial charge in [-0.3, -0.25) is 25.1 Å². The van der Waals surface area contributed by atoms with E-state index >= 15 is 0 Å². The summed E-state index contributed by atoms with van der Waals surface area (Å²) in [7, 11) is 0. The number of carbonyl (C=O) groups excluding carboxylic acids is 4. The number of alkyl carbamates (subject to hydrolysis) is 1. The van der Waals surface area contributed by atoms with Crippen LogP contribution in [0.15, 0.2) is 48.5 Å². The molecule has 0 bridgehead atoms. The fourth-order valence-corrected chi connectivity index (χ4v) is 2.83. The number of benzene rings is 2. The molecule has 0 aliphatic rings. The summed E-state index contributed by atoms with van der Waals surface area (Å²) in [6.07, 6.45) is -0.860. The van der Waals surface area contributed by atoms with Crippen LogP contribution in [0.1, 0.15) is 40.1 Å². The summed E-state index contributed by atoms with van der Waals surface area (Å²) in [5.41, 5.74) is 0.866. The fraction of sp³-hybridized carbons (Fsp3) is 0.250. The molecule has 0 radical (unpaired) electrons. The van der Waals surface area contributed by atoms with Crippen LogP contribution < -0.4 is 20.7 Å². The second kappa shape index (κ2) is 13.2. The second-order valence-electron chi connectivity index (χ2n) is 7.46. The van der Waals surface area contributed by atoms with Crippen LogP contribution in [0.2, 0.25) is 0 Å². The van der Waals surface area contributed by atoms with Crippen LogP contribution in [0, 0.1) is 5.41 Å². The summed E-state index contributed by atoms with van der Waals surface area (Å²) in [6.45, 7) is 2.45. The van der Waals surface area contributed by atoms with Gasteiger partial charge in [0, 0.05) is 23.6 Å². The molecule has 12 nitrogen and oxygen atoms in total. The molecule has 0 spiro atoms. The maximum atomic E-state index is 12.6. The first-order chi connectivity index (χ1) is 17.1. The predicted octanol–water partition coefficient (Wildman–Crippen LogP) is 1.34. The van der Waals surface area contributed by atoms with E-state index in [0.29, 0.717) is 16.9 Å². The highest BCUT2D eigenvalue weighted by Crippen LogP contribution is 2.14. The van der Waals surface area contributed by atoms with Crippen molar-refractivity contribution in [2.24, 2.45) is 0 Å². The number of hydrogen-bond donors (Lipinski definition) is 5. The number of ether oxygens (including phenoxy) is 2. The number of nitrogens with one attached hydrogen (secondary N) is 4. The number of Topliss-reactive ketones (excluding diaryl/α,β-unsaturated/α-hetero) is 1. The van der Waals surface area contributed by atoms with Gasteiger partial charge in [0.15, 0.2) is 12.4 Å². The van der Waals surface area contributed by atoms with E-state index in [4.69, 9.17) is 20.0 Å². The highest BCUT2D eigenvalue weighted by atomic mass is 16.5. The average molecular weight is 498 g/mol. The Kier molecular flexibility index (Phi) is 10.1. The van der Waals surface area contributed by atoms with E-state index in [1.54, 1.807) is 0 Å². The van der Waals surface area contributed by atoms with E-state index in [1.807, 2.05) is 0 Å². The zero-order valence-electron chi connectivity index (χ0n) is 19.6. The molecule has 190 valence electrons. The number of ketones is 1. The molecule has 1 atom stereocenters. The van der Waals surface area contributed by atoms with Crippen molar-refractivity contribution in [3.05, 3.63) is 65.2 Å². The summed E-state index contributed by atoms with van der Waals surface area (Å²) >= 11 is 0. The third-order valence-electron chi connectivity index (χ3n) is 4.61. The van der Waals surface area contributed by atoms with Crippen molar-refractivity contribution in [1.82, 2.24) is 16.0 Å². The summed E-state index contributed by atoms with van der Waals surface area (Å²) in [4.78, 5) is 58.2. The minimum atomic E-state index is -1.12. The molecule has 2 aromatic carbocycles. The largest absolute Gasteiger partial charge is 0.482 e. The zero-order chi connectivity index (χ0) is 26.7. The van der Waals surface area contributed by atoms with Gasteiger partial charge in [0.05, 0.1) is 12.6 Å². The molecule has 0 unspecified atom stereocenters. The van der Waals surface area contributed by atoms with Crippen molar-refractivity contribution in [3.63, 3.8) is 0 Å². The topological polar surface area (TPSA) is 184 Å². The van der Waals surface area contributed by atoms with E-state index in [2.05, 4.69) is 16.0 Å². The van der Waals surface area contributed by atoms with E-state index in [1.165, 1.54) is 62.4 Å². The highest BCUT2D eigenvalue weighted by Gasteiger charge is 2.19. The van der Waals surface area contributed by atoms with Crippen LogP contribution in [0.5, 0.6) is 5.75 Å². The molecule has 2 rings (SSSR count). The number of rotatable bonds is 11. The molecule has 12 heteroatoms. The Labute approximate surface area is 206 Å². The van der Waals surface area contributed by atoms with Gasteiger partial charge in [-0.05, 0) is 43.3 Å². The standard InChI is InChI=1S/C24H26N4O8/c1-14(21(32)16-7-9-19(10-8-16)36-13-20(30)31)27-23(33)18-5-3-17(4-6-18)22(25)28-24(34)35-12-11-26-15(2)29/h3-10,14H,11-13H2,1-2H3,(H,26,29)(H,27,33)(H,30,31)(H2,25,28,34)/t14-/m0/s1. The highest BCUT2D eigenvalue weighted by molar-refractivity contribution is 6.06. The van der Waals surface area contributed by atoms with E-state index in [-0.39, 0.29) is 36.2 Å². The minimum absolute atomic E-state index is 0.0582. The average Bonchev–Trinajstić information content (AvgIpc) is 2.85. The molecule has 0 heterocycles. The van der Waals surface area contributed by atoms with E-state index in [0.717, 1.165) is 0 Å². The number of amides is 3. The van der Waals surface area contributed by atoms with Crippen molar-refractivity contribution in [1.29, 1.82) is 5.41 Å². The van der Waals surface area contributed by atoms with E-state index in [9.17, 15) is 24.0 Å². The fourth-order valence-electron chi connectivity index (χ4n) is 2.83. The normalized spacial score (nSPS) is 10.9. The van der Waals surface area contributed by atoms with Gasteiger partial charge in [0.25, 0.3) is 5.91 Å². The van der Waals surface area contributed by atoms with Crippen molar-refractivity contribution in [2.75, 3.05) is 19.8 Å². The van der Waals surface area contributed by atoms with Crippen LogP contribution >= 0.6 is 0 Å². The molecule has 0 aromatic heterocycles. The van der Waals surface area contributed by atoms with Crippen molar-refractivity contribution < 1.29 is 38.6 Å². The Morgan fingerprint density at radius 2 is 1.53 bits per heavy atom. The second-order valence-corrected chi connectivity index (χ2v) is 7.46. The van der Waals surface area contributed by atoms with Crippen LogP contribution in [0.4, 0.5) is 4.79 Å². The summed E-state index contributed by atoms with van der Waals surface area (Å²) in [5.74, 6) is -2.19. The van der Waals surface area contributed by atoms with Gasteiger partial charge in [-0.15, -0.1) is 0 Å². The van der Waals surface area contributed by atoms with Crippen LogP contribution in [-0.4, -0.2) is 66.4 Å². The van der Waals surface area contributed by atoms with Crippen molar-refractivity contribution in [2.45, 2.75) is 19.9 Å². The van der Waals surface area contributed by atoms with Gasteiger partial charge in [0.2, 0.25) is 5.91 Å². The van der Waals surface area contributed by atoms with Gasteiger partial charge in [0.1, 0.15) is 18.2 Å². The number of amidine groups is 1. The summed E-state index contributed by atoms with van der Waals surface area (Å²) in [6, 6.07) is 10.8. The number of hydrogen-bond acceptors (Lipinski definition) is 8. The van der Waals surface area contributed by atoms with Crippen LogP contribution in [-0.2, 0) is 14.3 Å². The van der Waals surface area contributed by atoms with Gasteiger partial charge < -0.3 is 25.2 Å². The summed E-state index contributed by atoms with van der Waals surface area (Å²) < 4.78 is 9.87. The number of carbonyl (C=O) groups is 5. The Morgan fingerprint density at radius 1 is 0.944 bits per heavy atom. The lowest BCUT2D eigenvalue weighted by molar-refractivity contribution is -0.139. The molecular formula is C24H26N4O8. The quantitative estimate of drug-likeness (QED) is 0.133. The lowest BCUT2D eigenvalue weighted by atomic mass is 10.0. The first-order valence-corrected chi connectivity index (χ1v) is 10.7. The van der Waals surface area contributed by atoms with Gasteiger partial charge in [-0.2, -0.15) is 0 Å². The smallest absolute Gasteiger partial charge is 0.412 e. The van der Waals surface area contributed by atoms with Gasteiger partial charge in [-0.1, -0.05) is 12.1 Å². The maximum Gasteiger partial charge on any atom is 0.412 e.